The van der Waals surface area contributed by atoms with Gasteiger partial charge in [0.25, 0.3) is 0 Å². The molecule has 0 radical (unpaired) electrons. The first-order chi connectivity index (χ1) is 12.3. The second-order valence-corrected chi connectivity index (χ2v) is 8.55. The molecule has 1 heterocycles. The van der Waals surface area contributed by atoms with E-state index in [4.69, 9.17) is 4.74 Å². The summed E-state index contributed by atoms with van der Waals surface area (Å²) in [6, 6.07) is 10.8. The molecule has 2 aliphatic rings. The van der Waals surface area contributed by atoms with E-state index < -0.39 is 5.60 Å². The van der Waals surface area contributed by atoms with E-state index in [1.54, 1.807) is 0 Å². The Balaban J connectivity index is 1.63. The van der Waals surface area contributed by atoms with Crippen LogP contribution >= 0.6 is 0 Å². The first-order valence-corrected chi connectivity index (χ1v) is 9.81. The molecule has 0 spiro atoms. The number of rotatable bonds is 5. The third-order valence-corrected chi connectivity index (χ3v) is 5.48. The van der Waals surface area contributed by atoms with E-state index in [-0.39, 0.29) is 11.6 Å². The van der Waals surface area contributed by atoms with E-state index in [1.165, 1.54) is 5.56 Å². The molecule has 1 aliphatic heterocycles. The fraction of sp³-hybridized carbons (Fsp3) is 0.591. The Morgan fingerprint density at radius 1 is 1.31 bits per heavy atom. The molecule has 1 aromatic carbocycles. The first kappa shape index (κ1) is 19.0. The van der Waals surface area contributed by atoms with Crippen molar-refractivity contribution in [3.05, 3.63) is 42.0 Å². The molecule has 2 fully saturated rings. The minimum atomic E-state index is -0.449. The standard InChI is InChI=1S/C22H32N2O2/c1-5-24(20(25)26-21(2,3)4)22(13-14-22)18-15-19(23-16-18)12-11-17-9-7-6-8-10-17/h6-12,18-19,23H,5,13-16H2,1-4H3/t18-,19+/m0/s1. The fourth-order valence-corrected chi connectivity index (χ4v) is 4.08. The van der Waals surface area contributed by atoms with Gasteiger partial charge in [-0.15, -0.1) is 0 Å². The largest absolute Gasteiger partial charge is 0.444 e. The number of hydrogen-bond donors (Lipinski definition) is 1. The van der Waals surface area contributed by atoms with Crippen molar-refractivity contribution in [1.82, 2.24) is 10.2 Å². The van der Waals surface area contributed by atoms with Crippen LogP contribution in [0.5, 0.6) is 0 Å². The average Bonchev–Trinajstić information content (AvgIpc) is 3.22. The number of amides is 1. The maximum Gasteiger partial charge on any atom is 0.410 e. The van der Waals surface area contributed by atoms with Gasteiger partial charge in [0.2, 0.25) is 0 Å². The molecule has 1 aliphatic carbocycles. The molecule has 2 atom stereocenters. The molecule has 4 heteroatoms. The summed E-state index contributed by atoms with van der Waals surface area (Å²) in [6.07, 6.45) is 7.52. The minimum absolute atomic E-state index is 0.0145. The SMILES string of the molecule is CCN(C(=O)OC(C)(C)C)C1([C@@H]2CN[C@H](C=Cc3ccccc3)C2)CC1. The van der Waals surface area contributed by atoms with Gasteiger partial charge in [0.15, 0.2) is 0 Å². The highest BCUT2D eigenvalue weighted by atomic mass is 16.6. The maximum absolute atomic E-state index is 12.7. The molecular formula is C22H32N2O2. The van der Waals surface area contributed by atoms with Crippen LogP contribution in [0.3, 0.4) is 0 Å². The van der Waals surface area contributed by atoms with Gasteiger partial charge in [-0.1, -0.05) is 42.5 Å². The van der Waals surface area contributed by atoms with Gasteiger partial charge in [0, 0.05) is 19.1 Å². The lowest BCUT2D eigenvalue weighted by Crippen LogP contribution is -2.49. The van der Waals surface area contributed by atoms with E-state index in [9.17, 15) is 4.79 Å². The molecule has 1 aromatic rings. The Labute approximate surface area is 157 Å². The van der Waals surface area contributed by atoms with Crippen LogP contribution in [0.4, 0.5) is 4.79 Å². The Kier molecular flexibility index (Phi) is 5.42. The average molecular weight is 357 g/mol. The smallest absolute Gasteiger partial charge is 0.410 e. The summed E-state index contributed by atoms with van der Waals surface area (Å²) < 4.78 is 5.66. The molecule has 1 amide bonds. The van der Waals surface area contributed by atoms with Crippen LogP contribution in [0.1, 0.15) is 52.5 Å². The van der Waals surface area contributed by atoms with Gasteiger partial charge in [-0.3, -0.25) is 0 Å². The fourth-order valence-electron chi connectivity index (χ4n) is 4.08. The van der Waals surface area contributed by atoms with Crippen molar-refractivity contribution < 1.29 is 9.53 Å². The highest BCUT2D eigenvalue weighted by Crippen LogP contribution is 2.51. The second-order valence-electron chi connectivity index (χ2n) is 8.55. The van der Waals surface area contributed by atoms with Crippen molar-refractivity contribution in [2.75, 3.05) is 13.1 Å². The van der Waals surface area contributed by atoms with Crippen LogP contribution in [-0.2, 0) is 4.74 Å². The van der Waals surface area contributed by atoms with Crippen molar-refractivity contribution in [1.29, 1.82) is 0 Å². The topological polar surface area (TPSA) is 41.6 Å². The molecule has 1 N–H and O–H groups in total. The van der Waals surface area contributed by atoms with E-state index in [0.717, 1.165) is 25.8 Å². The lowest BCUT2D eigenvalue weighted by molar-refractivity contribution is 0.00724. The lowest BCUT2D eigenvalue weighted by atomic mass is 9.92. The van der Waals surface area contributed by atoms with Crippen molar-refractivity contribution in [3.8, 4) is 0 Å². The number of benzene rings is 1. The lowest BCUT2D eigenvalue weighted by Gasteiger charge is -2.36. The van der Waals surface area contributed by atoms with Gasteiger partial charge >= 0.3 is 6.09 Å². The zero-order valence-electron chi connectivity index (χ0n) is 16.5. The first-order valence-electron chi connectivity index (χ1n) is 9.81. The summed E-state index contributed by atoms with van der Waals surface area (Å²) in [5, 5.41) is 3.62. The normalized spacial score (nSPS) is 24.6. The molecule has 1 saturated heterocycles. The number of hydrogen-bond acceptors (Lipinski definition) is 3. The third kappa shape index (κ3) is 4.29. The number of carbonyl (C=O) groups excluding carboxylic acids is 1. The summed E-state index contributed by atoms with van der Waals surface area (Å²) in [7, 11) is 0. The monoisotopic (exact) mass is 356 g/mol. The summed E-state index contributed by atoms with van der Waals surface area (Å²) >= 11 is 0. The van der Waals surface area contributed by atoms with Crippen LogP contribution in [0, 0.1) is 5.92 Å². The third-order valence-electron chi connectivity index (χ3n) is 5.48. The molecule has 0 aromatic heterocycles. The van der Waals surface area contributed by atoms with Gasteiger partial charge in [0.1, 0.15) is 5.60 Å². The predicted octanol–water partition coefficient (Wildman–Crippen LogP) is 4.47. The van der Waals surface area contributed by atoms with Crippen molar-refractivity contribution in [3.63, 3.8) is 0 Å². The van der Waals surface area contributed by atoms with Gasteiger partial charge in [0.05, 0.1) is 5.54 Å². The van der Waals surface area contributed by atoms with Crippen LogP contribution in [-0.4, -0.2) is 41.3 Å². The molecule has 0 bridgehead atoms. The Bertz CT molecular complexity index is 644. The minimum Gasteiger partial charge on any atom is -0.444 e. The molecule has 0 unspecified atom stereocenters. The number of nitrogens with zero attached hydrogens (tertiary/aromatic N) is 1. The Hall–Kier alpha value is -1.81. The van der Waals surface area contributed by atoms with Gasteiger partial charge < -0.3 is 15.0 Å². The quantitative estimate of drug-likeness (QED) is 0.846. The Morgan fingerprint density at radius 2 is 2.00 bits per heavy atom. The van der Waals surface area contributed by atoms with E-state index in [2.05, 4.69) is 48.7 Å². The van der Waals surface area contributed by atoms with Crippen molar-refractivity contribution in [2.24, 2.45) is 5.92 Å². The molecule has 4 nitrogen and oxygen atoms in total. The van der Waals surface area contributed by atoms with Crippen LogP contribution in [0.25, 0.3) is 6.08 Å². The van der Waals surface area contributed by atoms with Gasteiger partial charge in [-0.05, 0) is 58.4 Å². The molecular weight excluding hydrogens is 324 g/mol. The second kappa shape index (κ2) is 7.43. The summed E-state index contributed by atoms with van der Waals surface area (Å²) in [6.45, 7) is 9.51. The molecule has 1 saturated carbocycles. The van der Waals surface area contributed by atoms with E-state index in [0.29, 0.717) is 18.5 Å². The highest BCUT2D eigenvalue weighted by molar-refractivity contribution is 5.70. The Morgan fingerprint density at radius 3 is 2.58 bits per heavy atom. The summed E-state index contributed by atoms with van der Waals surface area (Å²) in [4.78, 5) is 14.7. The van der Waals surface area contributed by atoms with Gasteiger partial charge in [-0.25, -0.2) is 4.79 Å². The molecule has 3 rings (SSSR count). The zero-order chi connectivity index (χ0) is 18.8. The van der Waals surface area contributed by atoms with Crippen LogP contribution < -0.4 is 5.32 Å². The van der Waals surface area contributed by atoms with Gasteiger partial charge in [-0.2, -0.15) is 0 Å². The van der Waals surface area contributed by atoms with Crippen LogP contribution in [0.2, 0.25) is 0 Å². The molecule has 26 heavy (non-hydrogen) atoms. The zero-order valence-corrected chi connectivity index (χ0v) is 16.5. The molecule has 142 valence electrons. The van der Waals surface area contributed by atoms with E-state index >= 15 is 0 Å². The number of carbonyl (C=O) groups is 1. The van der Waals surface area contributed by atoms with Crippen molar-refractivity contribution in [2.45, 2.75) is 64.1 Å². The van der Waals surface area contributed by atoms with Crippen LogP contribution in [0.15, 0.2) is 36.4 Å². The highest BCUT2D eigenvalue weighted by Gasteiger charge is 2.57. The number of nitrogens with one attached hydrogen (secondary N) is 1. The predicted molar refractivity (Wildman–Crippen MR) is 106 cm³/mol. The maximum atomic E-state index is 12.7. The summed E-state index contributed by atoms with van der Waals surface area (Å²) in [5.74, 6) is 0.486. The van der Waals surface area contributed by atoms with E-state index in [1.807, 2.05) is 31.7 Å². The number of ether oxygens (including phenoxy) is 1. The summed E-state index contributed by atoms with van der Waals surface area (Å²) in [5.41, 5.74) is 0.761. The van der Waals surface area contributed by atoms with Crippen molar-refractivity contribution >= 4 is 12.2 Å².